The van der Waals surface area contributed by atoms with Crippen molar-refractivity contribution >= 4 is 33.6 Å². The van der Waals surface area contributed by atoms with Crippen LogP contribution in [-0.2, 0) is 13.6 Å². The lowest BCUT2D eigenvalue weighted by Gasteiger charge is -2.12. The van der Waals surface area contributed by atoms with Crippen LogP contribution in [0.25, 0.3) is 33.3 Å². The highest BCUT2D eigenvalue weighted by Crippen LogP contribution is 2.27. The van der Waals surface area contributed by atoms with E-state index in [1.807, 2.05) is 6.92 Å². The van der Waals surface area contributed by atoms with Crippen LogP contribution in [0, 0.1) is 6.92 Å². The van der Waals surface area contributed by atoms with Crippen molar-refractivity contribution in [2.75, 3.05) is 0 Å². The van der Waals surface area contributed by atoms with E-state index in [1.54, 1.807) is 61.1 Å². The fourth-order valence-corrected chi connectivity index (χ4v) is 4.18. The zero-order valence-electron chi connectivity index (χ0n) is 19.9. The van der Waals surface area contributed by atoms with Gasteiger partial charge in [0, 0.05) is 19.0 Å². The van der Waals surface area contributed by atoms with E-state index in [1.165, 1.54) is 10.9 Å². The molecule has 0 radical (unpaired) electrons. The Bertz CT molecular complexity index is 1680. The van der Waals surface area contributed by atoms with Crippen LogP contribution in [0.4, 0.5) is 0 Å². The molecule has 0 bridgehead atoms. The average molecular weight is 486 g/mol. The monoisotopic (exact) mass is 485 g/mol. The lowest BCUT2D eigenvalue weighted by atomic mass is 10.1. The average Bonchev–Trinajstić information content (AvgIpc) is 3.52. The Morgan fingerprint density at radius 2 is 1.78 bits per heavy atom. The normalized spacial score (nSPS) is 11.2. The maximum atomic E-state index is 13.3. The number of rotatable bonds is 5. The van der Waals surface area contributed by atoms with Gasteiger partial charge in [-0.05, 0) is 37.6 Å². The van der Waals surface area contributed by atoms with Crippen LogP contribution in [0.5, 0.6) is 0 Å². The maximum Gasteiger partial charge on any atom is 0.290 e. The highest BCUT2D eigenvalue weighted by atomic mass is 16.3. The summed E-state index contributed by atoms with van der Waals surface area (Å²) in [7, 11) is 1.74. The Hall–Kier alpha value is -4.80. The van der Waals surface area contributed by atoms with Gasteiger partial charge in [0.15, 0.2) is 17.1 Å². The van der Waals surface area contributed by atoms with Crippen molar-refractivity contribution in [1.29, 1.82) is 0 Å². The molecule has 0 aliphatic heterocycles. The van der Waals surface area contributed by atoms with Gasteiger partial charge in [-0.1, -0.05) is 25.1 Å². The first-order valence-corrected chi connectivity index (χ1v) is 11.4. The summed E-state index contributed by atoms with van der Waals surface area (Å²) in [6, 6.07) is 11.8. The number of benzene rings is 1. The number of nitrogens with one attached hydrogen (secondary N) is 2. The molecule has 5 aromatic rings. The molecule has 0 saturated carbocycles. The largest absolute Gasteiger partial charge is 0.463 e. The summed E-state index contributed by atoms with van der Waals surface area (Å²) in [5.41, 5.74) is 6.50. The van der Waals surface area contributed by atoms with Gasteiger partial charge in [-0.2, -0.15) is 10.2 Å². The Balaban J connectivity index is 1.49. The molecule has 0 spiro atoms. The van der Waals surface area contributed by atoms with Crippen LogP contribution in [0.1, 0.15) is 39.9 Å². The third-order valence-corrected chi connectivity index (χ3v) is 5.79. The van der Waals surface area contributed by atoms with Crippen molar-refractivity contribution in [3.05, 3.63) is 76.0 Å². The molecule has 0 fully saturated rings. The van der Waals surface area contributed by atoms with Crippen LogP contribution in [0.3, 0.4) is 0 Å². The number of amides is 2. The van der Waals surface area contributed by atoms with Gasteiger partial charge in [0.25, 0.3) is 17.4 Å². The van der Waals surface area contributed by atoms with Crippen LogP contribution in [0.2, 0.25) is 0 Å². The second-order valence-electron chi connectivity index (χ2n) is 8.27. The standard InChI is InChI=1S/C25H23N7O4/c1-4-11-32-25(35)16-9-6-5-8-15(16)21(30-32)24(34)28-27-23(33)17-13-18(19-10-7-12-36-19)26-22-20(17)14(2)29-31(22)3/h5-10,12-13H,4,11H2,1-3H3,(H,27,33)(H,28,34). The molecular formula is C25H23N7O4. The van der Waals surface area contributed by atoms with E-state index in [2.05, 4.69) is 26.0 Å². The number of aryl methyl sites for hydroxylation is 3. The van der Waals surface area contributed by atoms with E-state index >= 15 is 0 Å². The second kappa shape index (κ2) is 9.10. The van der Waals surface area contributed by atoms with Crippen LogP contribution in [-0.4, -0.2) is 36.4 Å². The molecule has 2 amide bonds. The molecule has 4 aromatic heterocycles. The van der Waals surface area contributed by atoms with E-state index in [0.29, 0.717) is 51.9 Å². The van der Waals surface area contributed by atoms with Crippen molar-refractivity contribution in [2.45, 2.75) is 26.8 Å². The highest BCUT2D eigenvalue weighted by Gasteiger charge is 2.22. The lowest BCUT2D eigenvalue weighted by molar-refractivity contribution is 0.0844. The zero-order chi connectivity index (χ0) is 25.4. The zero-order valence-corrected chi connectivity index (χ0v) is 19.9. The summed E-state index contributed by atoms with van der Waals surface area (Å²) < 4.78 is 8.30. The SMILES string of the molecule is CCCn1nc(C(=O)NNC(=O)c2cc(-c3ccco3)nc3c2c(C)nn3C)c2ccccc2c1=O. The lowest BCUT2D eigenvalue weighted by Crippen LogP contribution is -2.43. The smallest absolute Gasteiger partial charge is 0.290 e. The fraction of sp³-hybridized carbons (Fsp3) is 0.200. The molecule has 5 rings (SSSR count). The molecular weight excluding hydrogens is 462 g/mol. The predicted molar refractivity (Wildman–Crippen MR) is 132 cm³/mol. The van der Waals surface area contributed by atoms with Gasteiger partial charge in [-0.15, -0.1) is 0 Å². The Morgan fingerprint density at radius 1 is 1.03 bits per heavy atom. The second-order valence-corrected chi connectivity index (χ2v) is 8.27. The summed E-state index contributed by atoms with van der Waals surface area (Å²) in [5, 5.41) is 9.97. The minimum Gasteiger partial charge on any atom is -0.463 e. The van der Waals surface area contributed by atoms with Gasteiger partial charge in [0.1, 0.15) is 5.69 Å². The number of nitrogens with zero attached hydrogens (tertiary/aromatic N) is 5. The molecule has 0 atom stereocenters. The third-order valence-electron chi connectivity index (χ3n) is 5.79. The molecule has 11 nitrogen and oxygen atoms in total. The molecule has 11 heteroatoms. The summed E-state index contributed by atoms with van der Waals surface area (Å²) in [5.74, 6) is -0.725. The van der Waals surface area contributed by atoms with Gasteiger partial charge >= 0.3 is 0 Å². The van der Waals surface area contributed by atoms with E-state index < -0.39 is 11.8 Å². The van der Waals surface area contributed by atoms with Crippen molar-refractivity contribution in [2.24, 2.45) is 7.05 Å². The van der Waals surface area contributed by atoms with E-state index in [4.69, 9.17) is 4.42 Å². The third kappa shape index (κ3) is 3.90. The number of hydrazine groups is 1. The molecule has 0 unspecified atom stereocenters. The predicted octanol–water partition coefficient (Wildman–Crippen LogP) is 2.73. The van der Waals surface area contributed by atoms with Crippen molar-refractivity contribution < 1.29 is 14.0 Å². The number of aromatic nitrogens is 5. The number of hydrogen-bond acceptors (Lipinski definition) is 7. The number of carbonyl (C=O) groups is 2. The Labute approximate surface area is 204 Å². The van der Waals surface area contributed by atoms with Gasteiger partial charge in [0.2, 0.25) is 0 Å². The number of furan rings is 1. The fourth-order valence-electron chi connectivity index (χ4n) is 4.18. The van der Waals surface area contributed by atoms with Crippen molar-refractivity contribution in [3.8, 4) is 11.5 Å². The molecule has 1 aromatic carbocycles. The molecule has 2 N–H and O–H groups in total. The quantitative estimate of drug-likeness (QED) is 0.365. The maximum absolute atomic E-state index is 13.3. The molecule has 36 heavy (non-hydrogen) atoms. The van der Waals surface area contributed by atoms with Crippen LogP contribution >= 0.6 is 0 Å². The van der Waals surface area contributed by atoms with Crippen LogP contribution in [0.15, 0.2) is 57.9 Å². The minimum atomic E-state index is -0.649. The van der Waals surface area contributed by atoms with Gasteiger partial charge in [0.05, 0.1) is 28.3 Å². The molecule has 0 aliphatic carbocycles. The number of hydrogen-bond donors (Lipinski definition) is 2. The summed E-state index contributed by atoms with van der Waals surface area (Å²) in [6.45, 7) is 4.05. The van der Waals surface area contributed by atoms with Gasteiger partial charge in [-0.3, -0.25) is 29.9 Å². The van der Waals surface area contributed by atoms with E-state index in [-0.39, 0.29) is 16.8 Å². The van der Waals surface area contributed by atoms with Crippen molar-refractivity contribution in [3.63, 3.8) is 0 Å². The van der Waals surface area contributed by atoms with Gasteiger partial charge < -0.3 is 4.42 Å². The Morgan fingerprint density at radius 3 is 2.50 bits per heavy atom. The van der Waals surface area contributed by atoms with Crippen molar-refractivity contribution in [1.82, 2.24) is 35.4 Å². The number of pyridine rings is 1. The number of fused-ring (bicyclic) bond motifs is 2. The topological polar surface area (TPSA) is 137 Å². The minimum absolute atomic E-state index is 0.0349. The van der Waals surface area contributed by atoms with E-state index in [9.17, 15) is 14.4 Å². The summed E-state index contributed by atoms with van der Waals surface area (Å²) in [4.78, 5) is 43.7. The molecule has 0 saturated heterocycles. The first-order chi connectivity index (χ1) is 17.4. The Kier molecular flexibility index (Phi) is 5.80. The first kappa shape index (κ1) is 23.0. The highest BCUT2D eigenvalue weighted by molar-refractivity contribution is 6.09. The first-order valence-electron chi connectivity index (χ1n) is 11.4. The summed E-state index contributed by atoms with van der Waals surface area (Å²) >= 11 is 0. The molecule has 0 aliphatic rings. The molecule has 4 heterocycles. The summed E-state index contributed by atoms with van der Waals surface area (Å²) in [6.07, 6.45) is 2.19. The molecule has 182 valence electrons. The van der Waals surface area contributed by atoms with E-state index in [0.717, 1.165) is 0 Å². The van der Waals surface area contributed by atoms with Gasteiger partial charge in [-0.25, -0.2) is 9.67 Å². The van der Waals surface area contributed by atoms with Crippen LogP contribution < -0.4 is 16.4 Å². The number of carbonyl (C=O) groups excluding carboxylic acids is 2.